The average molecular weight is 387 g/mol. The minimum absolute atomic E-state index is 0.222. The van der Waals surface area contributed by atoms with Gasteiger partial charge in [-0.3, -0.25) is 5.43 Å². The Labute approximate surface area is 159 Å². The molecule has 0 aliphatic rings. The van der Waals surface area contributed by atoms with Gasteiger partial charge in [0.15, 0.2) is 10.7 Å². The van der Waals surface area contributed by atoms with Crippen LogP contribution in [0, 0.1) is 18.3 Å². The lowest BCUT2D eigenvalue weighted by atomic mass is 10.2. The SMILES string of the molecule is Cc1ccccc1N/N=C(\C#N)c1nc(-c2ccc(Cl)c(Cl)c2)cs1. The summed E-state index contributed by atoms with van der Waals surface area (Å²) in [4.78, 5) is 4.48. The van der Waals surface area contributed by atoms with Gasteiger partial charge in [-0.15, -0.1) is 11.3 Å². The number of aromatic nitrogens is 1. The predicted octanol–water partition coefficient (Wildman–Crippen LogP) is 5.77. The van der Waals surface area contributed by atoms with Gasteiger partial charge in [0, 0.05) is 10.9 Å². The molecule has 1 aromatic heterocycles. The number of hydrogen-bond donors (Lipinski definition) is 1. The van der Waals surface area contributed by atoms with Crippen molar-refractivity contribution in [2.75, 3.05) is 5.43 Å². The number of nitrogens with one attached hydrogen (secondary N) is 1. The Morgan fingerprint density at radius 2 is 2.00 bits per heavy atom. The minimum atomic E-state index is 0.222. The number of nitrogens with zero attached hydrogens (tertiary/aromatic N) is 3. The molecule has 0 amide bonds. The van der Waals surface area contributed by atoms with Crippen LogP contribution in [-0.4, -0.2) is 10.7 Å². The monoisotopic (exact) mass is 386 g/mol. The summed E-state index contributed by atoms with van der Waals surface area (Å²) in [5.74, 6) is 0. The van der Waals surface area contributed by atoms with Crippen molar-refractivity contribution in [3.05, 3.63) is 68.5 Å². The minimum Gasteiger partial charge on any atom is -0.277 e. The molecule has 0 bridgehead atoms. The first kappa shape index (κ1) is 17.4. The van der Waals surface area contributed by atoms with Gasteiger partial charge in [0.2, 0.25) is 0 Å². The fraction of sp³-hybridized carbons (Fsp3) is 0.0556. The van der Waals surface area contributed by atoms with Gasteiger partial charge in [-0.05, 0) is 30.7 Å². The highest BCUT2D eigenvalue weighted by molar-refractivity contribution is 7.12. The normalized spacial score (nSPS) is 11.2. The molecule has 4 nitrogen and oxygen atoms in total. The fourth-order valence-electron chi connectivity index (χ4n) is 2.11. The van der Waals surface area contributed by atoms with E-state index in [0.717, 1.165) is 22.5 Å². The third-order valence-corrected chi connectivity index (χ3v) is 5.05. The number of benzene rings is 2. The number of halogens is 2. The molecule has 3 rings (SSSR count). The zero-order chi connectivity index (χ0) is 17.8. The molecule has 3 aromatic rings. The number of aryl methyl sites for hydroxylation is 1. The Morgan fingerprint density at radius 3 is 2.72 bits per heavy atom. The van der Waals surface area contributed by atoms with Crippen LogP contribution in [0.5, 0.6) is 0 Å². The van der Waals surface area contributed by atoms with Crippen LogP contribution in [0.25, 0.3) is 11.3 Å². The van der Waals surface area contributed by atoms with Crippen LogP contribution in [0.1, 0.15) is 10.6 Å². The van der Waals surface area contributed by atoms with E-state index in [4.69, 9.17) is 23.2 Å². The van der Waals surface area contributed by atoms with Gasteiger partial charge in [-0.25, -0.2) is 4.98 Å². The fourth-order valence-corrected chi connectivity index (χ4v) is 3.17. The first-order valence-electron chi connectivity index (χ1n) is 7.29. The molecular weight excluding hydrogens is 375 g/mol. The van der Waals surface area contributed by atoms with Crippen molar-refractivity contribution in [3.63, 3.8) is 0 Å². The second kappa shape index (κ2) is 7.66. The van der Waals surface area contributed by atoms with Crippen molar-refractivity contribution in [3.8, 4) is 17.3 Å². The molecule has 25 heavy (non-hydrogen) atoms. The molecule has 0 unspecified atom stereocenters. The summed E-state index contributed by atoms with van der Waals surface area (Å²) in [6, 6.07) is 15.1. The Kier molecular flexibility index (Phi) is 5.34. The van der Waals surface area contributed by atoms with E-state index < -0.39 is 0 Å². The number of hydrazone groups is 1. The summed E-state index contributed by atoms with van der Waals surface area (Å²) in [5, 5.41) is 16.9. The van der Waals surface area contributed by atoms with Crippen LogP contribution in [0.2, 0.25) is 10.0 Å². The largest absolute Gasteiger partial charge is 0.277 e. The molecule has 0 atom stereocenters. The number of hydrogen-bond acceptors (Lipinski definition) is 5. The Bertz CT molecular complexity index is 989. The molecule has 0 fully saturated rings. The van der Waals surface area contributed by atoms with Crippen LogP contribution in [0.3, 0.4) is 0 Å². The van der Waals surface area contributed by atoms with Crippen molar-refractivity contribution >= 4 is 45.9 Å². The molecule has 0 aliphatic carbocycles. The van der Waals surface area contributed by atoms with Crippen LogP contribution < -0.4 is 5.43 Å². The highest BCUT2D eigenvalue weighted by Crippen LogP contribution is 2.29. The maximum absolute atomic E-state index is 9.39. The molecule has 7 heteroatoms. The number of rotatable bonds is 4. The Balaban J connectivity index is 1.86. The van der Waals surface area contributed by atoms with Crippen molar-refractivity contribution in [1.82, 2.24) is 4.98 Å². The molecule has 1 N–H and O–H groups in total. The molecule has 0 saturated carbocycles. The Morgan fingerprint density at radius 1 is 1.20 bits per heavy atom. The maximum atomic E-state index is 9.39. The van der Waals surface area contributed by atoms with Gasteiger partial charge in [0.25, 0.3) is 0 Å². The van der Waals surface area contributed by atoms with E-state index in [2.05, 4.69) is 21.6 Å². The average Bonchev–Trinajstić information content (AvgIpc) is 3.09. The highest BCUT2D eigenvalue weighted by Gasteiger charge is 2.11. The topological polar surface area (TPSA) is 61.1 Å². The van der Waals surface area contributed by atoms with Crippen LogP contribution in [0.4, 0.5) is 5.69 Å². The highest BCUT2D eigenvalue weighted by atomic mass is 35.5. The van der Waals surface area contributed by atoms with Gasteiger partial charge in [-0.2, -0.15) is 10.4 Å². The van der Waals surface area contributed by atoms with E-state index >= 15 is 0 Å². The summed E-state index contributed by atoms with van der Waals surface area (Å²) in [7, 11) is 0. The number of anilines is 1. The van der Waals surface area contributed by atoms with Gasteiger partial charge in [-0.1, -0.05) is 47.5 Å². The van der Waals surface area contributed by atoms with E-state index in [-0.39, 0.29) is 5.71 Å². The van der Waals surface area contributed by atoms with E-state index in [1.807, 2.05) is 42.6 Å². The molecular formula is C18H12Cl2N4S. The van der Waals surface area contributed by atoms with Gasteiger partial charge >= 0.3 is 0 Å². The lowest BCUT2D eigenvalue weighted by molar-refractivity contribution is 1.28. The smallest absolute Gasteiger partial charge is 0.196 e. The van der Waals surface area contributed by atoms with E-state index in [9.17, 15) is 5.26 Å². The maximum Gasteiger partial charge on any atom is 0.196 e. The summed E-state index contributed by atoms with van der Waals surface area (Å²) >= 11 is 13.3. The second-order valence-electron chi connectivity index (χ2n) is 5.17. The first-order chi connectivity index (χ1) is 12.1. The number of nitriles is 1. The molecule has 0 aliphatic heterocycles. The van der Waals surface area contributed by atoms with Crippen molar-refractivity contribution < 1.29 is 0 Å². The molecule has 1 heterocycles. The van der Waals surface area contributed by atoms with E-state index in [0.29, 0.717) is 15.1 Å². The lowest BCUT2D eigenvalue weighted by Crippen LogP contribution is -2.02. The van der Waals surface area contributed by atoms with Crippen molar-refractivity contribution in [2.45, 2.75) is 6.92 Å². The van der Waals surface area contributed by atoms with Crippen LogP contribution in [-0.2, 0) is 0 Å². The van der Waals surface area contributed by atoms with Gasteiger partial charge in [0.05, 0.1) is 21.4 Å². The molecule has 0 radical (unpaired) electrons. The summed E-state index contributed by atoms with van der Waals surface area (Å²) < 4.78 is 0. The summed E-state index contributed by atoms with van der Waals surface area (Å²) in [5.41, 5.74) is 6.58. The Hall–Kier alpha value is -2.39. The number of para-hydroxylation sites is 1. The third kappa shape index (κ3) is 3.99. The quantitative estimate of drug-likeness (QED) is 0.457. The third-order valence-electron chi connectivity index (χ3n) is 3.46. The lowest BCUT2D eigenvalue weighted by Gasteiger charge is -2.03. The van der Waals surface area contributed by atoms with Crippen LogP contribution in [0.15, 0.2) is 52.9 Å². The summed E-state index contributed by atoms with van der Waals surface area (Å²) in [6.45, 7) is 1.97. The first-order valence-corrected chi connectivity index (χ1v) is 8.93. The predicted molar refractivity (Wildman–Crippen MR) is 105 cm³/mol. The summed E-state index contributed by atoms with van der Waals surface area (Å²) in [6.07, 6.45) is 0. The standard InChI is InChI=1S/C18H12Cl2N4S/c1-11-4-2-3-5-15(11)23-24-16(9-21)18-22-17(10-25-18)12-6-7-13(19)14(20)8-12/h2-8,10,23H,1H3/b24-16+. The van der Waals surface area contributed by atoms with Crippen molar-refractivity contribution in [1.29, 1.82) is 5.26 Å². The van der Waals surface area contributed by atoms with Crippen LogP contribution >= 0.6 is 34.5 Å². The van der Waals surface area contributed by atoms with Gasteiger partial charge in [0.1, 0.15) is 6.07 Å². The second-order valence-corrected chi connectivity index (χ2v) is 6.84. The molecule has 124 valence electrons. The molecule has 0 spiro atoms. The number of thiazole rings is 1. The van der Waals surface area contributed by atoms with Crippen molar-refractivity contribution in [2.24, 2.45) is 5.10 Å². The van der Waals surface area contributed by atoms with E-state index in [1.165, 1.54) is 11.3 Å². The molecule has 2 aromatic carbocycles. The zero-order valence-electron chi connectivity index (χ0n) is 13.1. The molecule has 0 saturated heterocycles. The zero-order valence-corrected chi connectivity index (χ0v) is 15.5. The van der Waals surface area contributed by atoms with E-state index in [1.54, 1.807) is 12.1 Å². The van der Waals surface area contributed by atoms with Gasteiger partial charge < -0.3 is 0 Å².